The van der Waals surface area contributed by atoms with Crippen LogP contribution < -0.4 is 15.1 Å². The molecule has 2 aromatic carbocycles. The first-order valence-corrected chi connectivity index (χ1v) is 11.3. The summed E-state index contributed by atoms with van der Waals surface area (Å²) in [6.45, 7) is 12.4. The number of nitrogens with one attached hydrogen (secondary N) is 1. The summed E-state index contributed by atoms with van der Waals surface area (Å²) in [5, 5.41) is 2.33. The lowest BCUT2D eigenvalue weighted by molar-refractivity contribution is -0.122. The van der Waals surface area contributed by atoms with Gasteiger partial charge in [-0.05, 0) is 99.0 Å². The van der Waals surface area contributed by atoms with Crippen molar-refractivity contribution in [2.75, 3.05) is 16.8 Å². The molecule has 0 saturated carbocycles. The molecule has 0 radical (unpaired) electrons. The fourth-order valence-electron chi connectivity index (χ4n) is 4.90. The first kappa shape index (κ1) is 22.8. The number of carbonyl (C=O) groups excluding carboxylic acids is 3. The minimum absolute atomic E-state index is 0.0456. The van der Waals surface area contributed by atoms with E-state index in [9.17, 15) is 14.4 Å². The number of fused-ring (bicyclic) bond motifs is 1. The monoisotopic (exact) mass is 445 g/mol. The molecule has 1 atom stereocenters. The highest BCUT2D eigenvalue weighted by Crippen LogP contribution is 2.43. The van der Waals surface area contributed by atoms with E-state index in [0.717, 1.165) is 33.6 Å². The zero-order valence-corrected chi connectivity index (χ0v) is 20.4. The molecule has 1 fully saturated rings. The van der Waals surface area contributed by atoms with Gasteiger partial charge in [-0.25, -0.2) is 9.69 Å². The Morgan fingerprint density at radius 2 is 1.73 bits per heavy atom. The van der Waals surface area contributed by atoms with E-state index in [1.165, 1.54) is 11.3 Å². The fraction of sp³-hybridized carbons (Fsp3) is 0.370. The van der Waals surface area contributed by atoms with Crippen molar-refractivity contribution in [1.29, 1.82) is 0 Å². The van der Waals surface area contributed by atoms with Crippen LogP contribution in [0.15, 0.2) is 35.9 Å². The van der Waals surface area contributed by atoms with E-state index in [1.54, 1.807) is 18.2 Å². The van der Waals surface area contributed by atoms with Crippen molar-refractivity contribution < 1.29 is 14.4 Å². The summed E-state index contributed by atoms with van der Waals surface area (Å²) in [6.07, 6.45) is 2.62. The molecule has 1 N–H and O–H groups in total. The topological polar surface area (TPSA) is 69.7 Å². The molecule has 2 aromatic rings. The van der Waals surface area contributed by atoms with Gasteiger partial charge in [0.25, 0.3) is 11.8 Å². The summed E-state index contributed by atoms with van der Waals surface area (Å²) < 4.78 is 0. The number of carbonyl (C=O) groups is 3. The van der Waals surface area contributed by atoms with E-state index in [1.807, 2.05) is 26.8 Å². The molecule has 172 valence electrons. The first-order chi connectivity index (χ1) is 15.4. The molecule has 33 heavy (non-hydrogen) atoms. The molecular weight excluding hydrogens is 414 g/mol. The number of amides is 4. The van der Waals surface area contributed by atoms with Gasteiger partial charge in [0, 0.05) is 18.3 Å². The molecule has 0 aromatic heterocycles. The molecule has 0 bridgehead atoms. The standard InChI is InChI=1S/C27H31N3O3/c1-15-9-8-10-22(18(15)4)30-25(32)21(24(31)28-26(30)33)13-19-12-20-17(3)14-27(5,6)29(7)23(20)11-16(19)2/h8-13,17H,14H2,1-7H3,(H,28,31,33)/b21-13+. The van der Waals surface area contributed by atoms with Gasteiger partial charge in [0.05, 0.1) is 5.69 Å². The molecule has 1 saturated heterocycles. The minimum Gasteiger partial charge on any atom is -0.369 e. The molecule has 2 aliphatic heterocycles. The third-order valence-electron chi connectivity index (χ3n) is 7.24. The van der Waals surface area contributed by atoms with Crippen LogP contribution in [0.25, 0.3) is 6.08 Å². The second-order valence-corrected chi connectivity index (χ2v) is 9.92. The molecule has 1 unspecified atom stereocenters. The van der Waals surface area contributed by atoms with Crippen LogP contribution in [0.3, 0.4) is 0 Å². The number of nitrogens with zero attached hydrogens (tertiary/aromatic N) is 2. The Bertz CT molecular complexity index is 1230. The molecule has 2 aliphatic rings. The van der Waals surface area contributed by atoms with Crippen molar-refractivity contribution in [2.45, 2.75) is 59.4 Å². The average molecular weight is 446 g/mol. The van der Waals surface area contributed by atoms with E-state index in [-0.39, 0.29) is 11.1 Å². The number of anilines is 2. The van der Waals surface area contributed by atoms with Crippen LogP contribution in [0.2, 0.25) is 0 Å². The lowest BCUT2D eigenvalue weighted by Crippen LogP contribution is -2.54. The number of urea groups is 1. The van der Waals surface area contributed by atoms with Crippen LogP contribution in [0, 0.1) is 20.8 Å². The SMILES string of the molecule is Cc1cc2c(cc1/C=C1\C(=O)NC(=O)N(c3cccc(C)c3C)C1=O)C(C)CC(C)(C)N2C. The predicted molar refractivity (Wildman–Crippen MR) is 132 cm³/mol. The van der Waals surface area contributed by atoms with Crippen LogP contribution in [-0.2, 0) is 9.59 Å². The Hall–Kier alpha value is -3.41. The van der Waals surface area contributed by atoms with Gasteiger partial charge in [0.1, 0.15) is 5.57 Å². The second kappa shape index (κ2) is 7.87. The van der Waals surface area contributed by atoms with Gasteiger partial charge in [0.2, 0.25) is 0 Å². The highest BCUT2D eigenvalue weighted by Gasteiger charge is 2.38. The summed E-state index contributed by atoms with van der Waals surface area (Å²) in [5.41, 5.74) is 6.40. The third kappa shape index (κ3) is 3.73. The Labute approximate surface area is 195 Å². The maximum Gasteiger partial charge on any atom is 0.335 e. The van der Waals surface area contributed by atoms with Crippen LogP contribution >= 0.6 is 0 Å². The highest BCUT2D eigenvalue weighted by molar-refractivity contribution is 6.39. The van der Waals surface area contributed by atoms with Gasteiger partial charge >= 0.3 is 6.03 Å². The van der Waals surface area contributed by atoms with Crippen molar-refractivity contribution in [3.63, 3.8) is 0 Å². The number of benzene rings is 2. The zero-order chi connectivity index (χ0) is 24.2. The van der Waals surface area contributed by atoms with Crippen molar-refractivity contribution in [2.24, 2.45) is 0 Å². The quantitative estimate of drug-likeness (QED) is 0.522. The molecular formula is C27H31N3O3. The number of hydrogen-bond donors (Lipinski definition) is 1. The van der Waals surface area contributed by atoms with E-state index >= 15 is 0 Å². The average Bonchev–Trinajstić information content (AvgIpc) is 2.72. The number of hydrogen-bond acceptors (Lipinski definition) is 4. The Balaban J connectivity index is 1.79. The Kier molecular flexibility index (Phi) is 5.43. The smallest absolute Gasteiger partial charge is 0.335 e. The summed E-state index contributed by atoms with van der Waals surface area (Å²) in [7, 11) is 2.11. The predicted octanol–water partition coefficient (Wildman–Crippen LogP) is 5.00. The van der Waals surface area contributed by atoms with Crippen molar-refractivity contribution >= 4 is 35.3 Å². The maximum absolute atomic E-state index is 13.4. The van der Waals surface area contributed by atoms with Gasteiger partial charge in [-0.3, -0.25) is 14.9 Å². The van der Waals surface area contributed by atoms with E-state index < -0.39 is 17.8 Å². The minimum atomic E-state index is -0.726. The molecule has 0 aliphatic carbocycles. The van der Waals surface area contributed by atoms with E-state index in [4.69, 9.17) is 0 Å². The highest BCUT2D eigenvalue weighted by atomic mass is 16.2. The largest absolute Gasteiger partial charge is 0.369 e. The summed E-state index contributed by atoms with van der Waals surface area (Å²) >= 11 is 0. The van der Waals surface area contributed by atoms with E-state index in [0.29, 0.717) is 11.6 Å². The lowest BCUT2D eigenvalue weighted by atomic mass is 9.79. The normalized spacial score (nSPS) is 21.4. The molecule has 6 nitrogen and oxygen atoms in total. The van der Waals surface area contributed by atoms with Crippen molar-refractivity contribution in [3.8, 4) is 0 Å². The Morgan fingerprint density at radius 1 is 1.03 bits per heavy atom. The molecule has 4 rings (SSSR count). The Morgan fingerprint density at radius 3 is 2.42 bits per heavy atom. The molecule has 6 heteroatoms. The van der Waals surface area contributed by atoms with Crippen LogP contribution in [0.1, 0.15) is 60.9 Å². The van der Waals surface area contributed by atoms with Gasteiger partial charge in [0.15, 0.2) is 0 Å². The van der Waals surface area contributed by atoms with E-state index in [2.05, 4.69) is 50.2 Å². The van der Waals surface area contributed by atoms with Crippen LogP contribution in [-0.4, -0.2) is 30.4 Å². The second-order valence-electron chi connectivity index (χ2n) is 9.92. The van der Waals surface area contributed by atoms with Crippen molar-refractivity contribution in [1.82, 2.24) is 5.32 Å². The van der Waals surface area contributed by atoms with Gasteiger partial charge < -0.3 is 4.90 Å². The third-order valence-corrected chi connectivity index (χ3v) is 7.24. The summed E-state index contributed by atoms with van der Waals surface area (Å²) in [4.78, 5) is 42.0. The number of rotatable bonds is 2. The van der Waals surface area contributed by atoms with Crippen LogP contribution in [0.4, 0.5) is 16.2 Å². The molecule has 2 heterocycles. The van der Waals surface area contributed by atoms with Gasteiger partial charge in [-0.1, -0.05) is 19.1 Å². The van der Waals surface area contributed by atoms with Gasteiger partial charge in [-0.15, -0.1) is 0 Å². The van der Waals surface area contributed by atoms with Crippen LogP contribution in [0.5, 0.6) is 0 Å². The molecule has 0 spiro atoms. The lowest BCUT2D eigenvalue weighted by Gasteiger charge is -2.45. The zero-order valence-electron chi connectivity index (χ0n) is 20.4. The number of aryl methyl sites for hydroxylation is 2. The summed E-state index contributed by atoms with van der Waals surface area (Å²) in [6, 6.07) is 8.91. The number of imide groups is 2. The van der Waals surface area contributed by atoms with Gasteiger partial charge in [-0.2, -0.15) is 0 Å². The maximum atomic E-state index is 13.4. The number of barbiturate groups is 1. The first-order valence-electron chi connectivity index (χ1n) is 11.3. The fourth-order valence-corrected chi connectivity index (χ4v) is 4.90. The van der Waals surface area contributed by atoms with Crippen molar-refractivity contribution in [3.05, 3.63) is 63.7 Å². The summed E-state index contributed by atoms with van der Waals surface area (Å²) in [5.74, 6) is -0.941. The molecule has 4 amide bonds.